The third-order valence-corrected chi connectivity index (χ3v) is 4.73. The Balaban J connectivity index is 1.47. The normalized spacial score (nSPS) is 21.0. The molecule has 0 spiro atoms. The number of esters is 1. The molecule has 0 bridgehead atoms. The smallest absolute Gasteiger partial charge is 0.313 e. The highest BCUT2D eigenvalue weighted by Gasteiger charge is 2.29. The molecule has 0 aliphatic heterocycles. The molecule has 1 aromatic heterocycles. The van der Waals surface area contributed by atoms with E-state index in [-0.39, 0.29) is 12.4 Å². The molecular weight excluding hydrogens is 290 g/mol. The van der Waals surface area contributed by atoms with Gasteiger partial charge in [0.05, 0.1) is 0 Å². The zero-order chi connectivity index (χ0) is 16.4. The van der Waals surface area contributed by atoms with Crippen molar-refractivity contribution in [1.82, 2.24) is 14.8 Å². The number of rotatable bonds is 6. The summed E-state index contributed by atoms with van der Waals surface area (Å²) in [5, 5.41) is 4.38. The predicted octanol–water partition coefficient (Wildman–Crippen LogP) is 3.08. The van der Waals surface area contributed by atoms with Gasteiger partial charge in [0, 0.05) is 13.0 Å². The van der Waals surface area contributed by atoms with Crippen LogP contribution in [-0.2, 0) is 23.0 Å². The van der Waals surface area contributed by atoms with Crippen molar-refractivity contribution < 1.29 is 9.53 Å². The third-order valence-electron chi connectivity index (χ3n) is 4.73. The van der Waals surface area contributed by atoms with Gasteiger partial charge >= 0.3 is 5.97 Å². The van der Waals surface area contributed by atoms with E-state index in [2.05, 4.69) is 29.7 Å². The Hall–Kier alpha value is -1.91. The number of aryl methyl sites for hydroxylation is 1. The van der Waals surface area contributed by atoms with Crippen molar-refractivity contribution in [1.29, 1.82) is 0 Å². The lowest BCUT2D eigenvalue weighted by Gasteiger charge is -2.21. The molecule has 23 heavy (non-hydrogen) atoms. The standard InChI is InChI=1S/C18H25N3O2/c1-12(2)14-6-4-13(5-7-14)11-23-17(22)10-16-19-18(15-8-9-15)20-21(16)3/h4,14-15H,1,5-11H2,2-3H3/t14-/m1/s1. The molecule has 0 amide bonds. The first-order valence-electron chi connectivity index (χ1n) is 8.41. The molecule has 5 nitrogen and oxygen atoms in total. The molecular formula is C18H25N3O2. The fourth-order valence-corrected chi connectivity index (χ4v) is 2.93. The van der Waals surface area contributed by atoms with Crippen molar-refractivity contribution in [2.24, 2.45) is 13.0 Å². The van der Waals surface area contributed by atoms with Crippen LogP contribution >= 0.6 is 0 Å². The maximum absolute atomic E-state index is 12.0. The van der Waals surface area contributed by atoms with Crippen LogP contribution < -0.4 is 0 Å². The van der Waals surface area contributed by atoms with E-state index in [0.717, 1.165) is 37.9 Å². The number of carbonyl (C=O) groups excluding carboxylic acids is 1. The monoisotopic (exact) mass is 315 g/mol. The third kappa shape index (κ3) is 4.09. The topological polar surface area (TPSA) is 57.0 Å². The van der Waals surface area contributed by atoms with Gasteiger partial charge in [-0.1, -0.05) is 18.2 Å². The number of aromatic nitrogens is 3. The van der Waals surface area contributed by atoms with Gasteiger partial charge in [-0.05, 0) is 50.5 Å². The Labute approximate surface area is 137 Å². The molecule has 1 heterocycles. The second-order valence-corrected chi connectivity index (χ2v) is 6.80. The Bertz CT molecular complexity index is 641. The molecule has 3 rings (SSSR count). The quantitative estimate of drug-likeness (QED) is 0.598. The van der Waals surface area contributed by atoms with Crippen molar-refractivity contribution in [2.75, 3.05) is 6.61 Å². The largest absolute Gasteiger partial charge is 0.461 e. The molecule has 0 unspecified atom stereocenters. The van der Waals surface area contributed by atoms with Gasteiger partial charge in [-0.2, -0.15) is 5.10 Å². The van der Waals surface area contributed by atoms with Gasteiger partial charge in [0.2, 0.25) is 0 Å². The molecule has 1 fully saturated rings. The summed E-state index contributed by atoms with van der Waals surface area (Å²) in [6.45, 7) is 6.50. The molecule has 0 saturated heterocycles. The number of hydrogen-bond donors (Lipinski definition) is 0. The van der Waals surface area contributed by atoms with Crippen molar-refractivity contribution in [3.05, 3.63) is 35.4 Å². The van der Waals surface area contributed by atoms with Crippen LogP contribution in [0.1, 0.15) is 56.6 Å². The first kappa shape index (κ1) is 16.0. The van der Waals surface area contributed by atoms with Crippen molar-refractivity contribution in [2.45, 2.75) is 51.4 Å². The minimum Gasteiger partial charge on any atom is -0.461 e. The van der Waals surface area contributed by atoms with Gasteiger partial charge in [-0.25, -0.2) is 4.98 Å². The SMILES string of the molecule is C=C(C)[C@@H]1CC=C(COC(=O)Cc2nc(C3CC3)nn2C)CC1. The maximum atomic E-state index is 12.0. The molecule has 0 N–H and O–H groups in total. The maximum Gasteiger partial charge on any atom is 0.313 e. The second-order valence-electron chi connectivity index (χ2n) is 6.80. The molecule has 2 aliphatic rings. The number of carbonyl (C=O) groups is 1. The molecule has 0 radical (unpaired) electrons. The Morgan fingerprint density at radius 1 is 1.43 bits per heavy atom. The van der Waals surface area contributed by atoms with E-state index in [9.17, 15) is 4.79 Å². The van der Waals surface area contributed by atoms with E-state index in [1.165, 1.54) is 11.1 Å². The van der Waals surface area contributed by atoms with Crippen LogP contribution in [0.5, 0.6) is 0 Å². The Morgan fingerprint density at radius 3 is 2.83 bits per heavy atom. The van der Waals surface area contributed by atoms with Gasteiger partial charge in [-0.3, -0.25) is 9.48 Å². The average molecular weight is 315 g/mol. The predicted molar refractivity (Wildman–Crippen MR) is 87.9 cm³/mol. The zero-order valence-corrected chi connectivity index (χ0v) is 14.0. The summed E-state index contributed by atoms with van der Waals surface area (Å²) in [6, 6.07) is 0. The Kier molecular flexibility index (Phi) is 4.64. The molecule has 1 atom stereocenters. The summed E-state index contributed by atoms with van der Waals surface area (Å²) in [6.07, 6.45) is 7.81. The highest BCUT2D eigenvalue weighted by molar-refractivity contribution is 5.71. The van der Waals surface area contributed by atoms with Gasteiger partial charge in [0.15, 0.2) is 5.82 Å². The molecule has 5 heteroatoms. The first-order chi connectivity index (χ1) is 11.0. The number of nitrogens with zero attached hydrogens (tertiary/aromatic N) is 3. The van der Waals surface area contributed by atoms with E-state index in [1.807, 2.05) is 7.05 Å². The summed E-state index contributed by atoms with van der Waals surface area (Å²) < 4.78 is 7.11. The zero-order valence-electron chi connectivity index (χ0n) is 14.0. The van der Waals surface area contributed by atoms with Crippen LogP contribution in [0.25, 0.3) is 0 Å². The van der Waals surface area contributed by atoms with E-state index in [1.54, 1.807) is 4.68 Å². The molecule has 1 saturated carbocycles. The van der Waals surface area contributed by atoms with Crippen molar-refractivity contribution >= 4 is 5.97 Å². The van der Waals surface area contributed by atoms with E-state index >= 15 is 0 Å². The summed E-state index contributed by atoms with van der Waals surface area (Å²) in [4.78, 5) is 16.5. The summed E-state index contributed by atoms with van der Waals surface area (Å²) in [7, 11) is 1.84. The number of ether oxygens (including phenoxy) is 1. The van der Waals surface area contributed by atoms with Crippen molar-refractivity contribution in [3.8, 4) is 0 Å². The van der Waals surface area contributed by atoms with Gasteiger partial charge in [0.25, 0.3) is 0 Å². The lowest BCUT2D eigenvalue weighted by Crippen LogP contribution is -2.15. The van der Waals surface area contributed by atoms with Gasteiger partial charge in [-0.15, -0.1) is 0 Å². The summed E-state index contributed by atoms with van der Waals surface area (Å²) >= 11 is 0. The van der Waals surface area contributed by atoms with E-state index < -0.39 is 0 Å². The number of allylic oxidation sites excluding steroid dienone is 2. The van der Waals surface area contributed by atoms with Crippen molar-refractivity contribution in [3.63, 3.8) is 0 Å². The fraction of sp³-hybridized carbons (Fsp3) is 0.611. The van der Waals surface area contributed by atoms with E-state index in [0.29, 0.717) is 24.3 Å². The fourth-order valence-electron chi connectivity index (χ4n) is 2.93. The van der Waals surface area contributed by atoms with Crippen LogP contribution in [0, 0.1) is 5.92 Å². The molecule has 1 aromatic rings. The minimum atomic E-state index is -0.231. The second kappa shape index (κ2) is 6.69. The average Bonchev–Trinajstić information content (AvgIpc) is 3.31. The van der Waals surface area contributed by atoms with Crippen LogP contribution in [0.4, 0.5) is 0 Å². The van der Waals surface area contributed by atoms with E-state index in [4.69, 9.17) is 4.74 Å². The lowest BCUT2D eigenvalue weighted by molar-refractivity contribution is -0.142. The van der Waals surface area contributed by atoms with Crippen LogP contribution in [-0.4, -0.2) is 27.3 Å². The van der Waals surface area contributed by atoms with Crippen LogP contribution in [0.2, 0.25) is 0 Å². The van der Waals surface area contributed by atoms with Crippen LogP contribution in [0.15, 0.2) is 23.8 Å². The number of hydrogen-bond acceptors (Lipinski definition) is 4. The summed E-state index contributed by atoms with van der Waals surface area (Å²) in [5.74, 6) is 2.41. The van der Waals surface area contributed by atoms with Crippen LogP contribution in [0.3, 0.4) is 0 Å². The first-order valence-corrected chi connectivity index (χ1v) is 8.41. The van der Waals surface area contributed by atoms with Gasteiger partial charge < -0.3 is 4.74 Å². The lowest BCUT2D eigenvalue weighted by atomic mass is 9.86. The summed E-state index contributed by atoms with van der Waals surface area (Å²) in [5.41, 5.74) is 2.46. The molecule has 0 aromatic carbocycles. The highest BCUT2D eigenvalue weighted by atomic mass is 16.5. The minimum absolute atomic E-state index is 0.192. The molecule has 2 aliphatic carbocycles. The van der Waals surface area contributed by atoms with Gasteiger partial charge in [0.1, 0.15) is 18.9 Å². The highest BCUT2D eigenvalue weighted by Crippen LogP contribution is 2.38. The molecule has 124 valence electrons. The Morgan fingerprint density at radius 2 is 2.22 bits per heavy atom.